The number of hydrogen-bond acceptors (Lipinski definition) is 5. The topological polar surface area (TPSA) is 81.4 Å². The molecule has 0 bridgehead atoms. The van der Waals surface area contributed by atoms with Crippen molar-refractivity contribution in [1.29, 1.82) is 0 Å². The van der Waals surface area contributed by atoms with Gasteiger partial charge >= 0.3 is 0 Å². The summed E-state index contributed by atoms with van der Waals surface area (Å²) in [5, 5.41) is 7.05. The molecule has 1 amide bonds. The molecule has 1 aromatic carbocycles. The van der Waals surface area contributed by atoms with Crippen LogP contribution in [0.5, 0.6) is 5.75 Å². The van der Waals surface area contributed by atoms with Gasteiger partial charge in [0.25, 0.3) is 5.78 Å². The zero-order chi connectivity index (χ0) is 16.8. The molecule has 0 atom stereocenters. The first-order chi connectivity index (χ1) is 11.7. The average Bonchev–Trinajstić information content (AvgIpc) is 2.96. The molecule has 0 aliphatic heterocycles. The third-order valence-electron chi connectivity index (χ3n) is 3.38. The van der Waals surface area contributed by atoms with Gasteiger partial charge in [0.1, 0.15) is 5.75 Å². The molecule has 7 heteroatoms. The molecule has 0 spiro atoms. The number of aromatic nitrogens is 4. The van der Waals surface area contributed by atoms with Gasteiger partial charge in [-0.3, -0.25) is 4.79 Å². The van der Waals surface area contributed by atoms with E-state index in [1.807, 2.05) is 31.2 Å². The van der Waals surface area contributed by atoms with Crippen molar-refractivity contribution < 1.29 is 9.53 Å². The molecule has 0 fully saturated rings. The number of nitrogens with one attached hydrogen (secondary N) is 1. The van der Waals surface area contributed by atoms with E-state index >= 15 is 0 Å². The number of aryl methyl sites for hydroxylation is 1. The van der Waals surface area contributed by atoms with Crippen molar-refractivity contribution in [2.45, 2.75) is 19.8 Å². The van der Waals surface area contributed by atoms with E-state index < -0.39 is 0 Å². The van der Waals surface area contributed by atoms with Gasteiger partial charge in [-0.1, -0.05) is 12.1 Å². The Bertz CT molecular complexity index is 797. The summed E-state index contributed by atoms with van der Waals surface area (Å²) in [5.74, 6) is 1.69. The minimum absolute atomic E-state index is 0.110. The molecule has 0 saturated heterocycles. The first kappa shape index (κ1) is 15.9. The minimum Gasteiger partial charge on any atom is -0.494 e. The molecular weight excluding hydrogens is 306 g/mol. The lowest BCUT2D eigenvalue weighted by Crippen LogP contribution is -2.27. The maximum absolute atomic E-state index is 11.9. The van der Waals surface area contributed by atoms with Gasteiger partial charge in [0, 0.05) is 18.9 Å². The molecule has 0 aliphatic rings. The van der Waals surface area contributed by atoms with Gasteiger partial charge < -0.3 is 10.1 Å². The van der Waals surface area contributed by atoms with Gasteiger partial charge in [0.2, 0.25) is 5.91 Å². The van der Waals surface area contributed by atoms with Crippen LogP contribution in [0.2, 0.25) is 0 Å². The second kappa shape index (κ2) is 7.54. The fraction of sp³-hybridized carbons (Fsp3) is 0.294. The van der Waals surface area contributed by atoms with Gasteiger partial charge in [-0.2, -0.15) is 4.98 Å². The number of hydrogen-bond donors (Lipinski definition) is 1. The van der Waals surface area contributed by atoms with Crippen molar-refractivity contribution in [3.63, 3.8) is 0 Å². The lowest BCUT2D eigenvalue weighted by Gasteiger charge is -2.07. The largest absolute Gasteiger partial charge is 0.494 e. The highest BCUT2D eigenvalue weighted by Crippen LogP contribution is 2.12. The van der Waals surface area contributed by atoms with Gasteiger partial charge in [-0.25, -0.2) is 9.50 Å². The van der Waals surface area contributed by atoms with Crippen LogP contribution in [0.25, 0.3) is 5.78 Å². The third-order valence-corrected chi connectivity index (χ3v) is 3.38. The predicted molar refractivity (Wildman–Crippen MR) is 88.8 cm³/mol. The zero-order valence-electron chi connectivity index (χ0n) is 13.5. The fourth-order valence-electron chi connectivity index (χ4n) is 2.25. The predicted octanol–water partition coefficient (Wildman–Crippen LogP) is 1.56. The lowest BCUT2D eigenvalue weighted by molar-refractivity contribution is -0.120. The van der Waals surface area contributed by atoms with Crippen LogP contribution in [-0.2, 0) is 11.2 Å². The number of ether oxygens (including phenoxy) is 1. The van der Waals surface area contributed by atoms with Gasteiger partial charge in [-0.15, -0.1) is 5.10 Å². The van der Waals surface area contributed by atoms with Gasteiger partial charge in [-0.05, 0) is 37.1 Å². The Hall–Kier alpha value is -2.96. The van der Waals surface area contributed by atoms with E-state index in [-0.39, 0.29) is 12.3 Å². The number of fused-ring (bicyclic) bond motifs is 1. The number of carbonyl (C=O) groups is 1. The average molecular weight is 325 g/mol. The van der Waals surface area contributed by atoms with E-state index in [9.17, 15) is 4.79 Å². The van der Waals surface area contributed by atoms with Crippen molar-refractivity contribution >= 4 is 11.7 Å². The molecule has 24 heavy (non-hydrogen) atoms. The molecule has 1 N–H and O–H groups in total. The number of amides is 1. The van der Waals surface area contributed by atoms with E-state index in [0.29, 0.717) is 24.8 Å². The lowest BCUT2D eigenvalue weighted by atomic mass is 10.2. The normalized spacial score (nSPS) is 10.7. The summed E-state index contributed by atoms with van der Waals surface area (Å²) < 4.78 is 7.19. The maximum atomic E-state index is 11.9. The molecule has 2 aromatic heterocycles. The van der Waals surface area contributed by atoms with Crippen molar-refractivity contribution in [2.75, 3.05) is 13.2 Å². The van der Waals surface area contributed by atoms with Crippen LogP contribution in [-0.4, -0.2) is 38.6 Å². The van der Waals surface area contributed by atoms with Crippen molar-refractivity contribution in [2.24, 2.45) is 0 Å². The molecule has 124 valence electrons. The quantitative estimate of drug-likeness (QED) is 0.667. The summed E-state index contributed by atoms with van der Waals surface area (Å²) in [5.41, 5.74) is 1.16. The molecule has 0 aliphatic carbocycles. The molecular formula is C17H19N5O2. The fourth-order valence-corrected chi connectivity index (χ4v) is 2.25. The zero-order valence-corrected chi connectivity index (χ0v) is 13.5. The Kier molecular flexibility index (Phi) is 5.00. The second-order valence-electron chi connectivity index (χ2n) is 5.44. The molecule has 0 saturated carbocycles. The SMILES string of the molecule is Cc1cccc(OCCCNC(=O)Cc2nc3ncccn3n2)c1. The monoisotopic (exact) mass is 325 g/mol. The van der Waals surface area contributed by atoms with Gasteiger partial charge in [0.15, 0.2) is 5.82 Å². The summed E-state index contributed by atoms with van der Waals surface area (Å²) in [7, 11) is 0. The van der Waals surface area contributed by atoms with E-state index in [2.05, 4.69) is 20.4 Å². The summed E-state index contributed by atoms with van der Waals surface area (Å²) in [6, 6.07) is 9.66. The Morgan fingerprint density at radius 2 is 2.25 bits per heavy atom. The Morgan fingerprint density at radius 3 is 3.08 bits per heavy atom. The standard InChI is InChI=1S/C17H19N5O2/c1-13-5-2-6-14(11-13)24-10-4-8-18-16(23)12-15-20-17-19-7-3-9-22(17)21-15/h2-3,5-7,9,11H,4,8,10,12H2,1H3,(H,18,23). The number of nitrogens with zero attached hydrogens (tertiary/aromatic N) is 4. The Labute approximate surface area is 139 Å². The molecule has 2 heterocycles. The minimum atomic E-state index is -0.110. The smallest absolute Gasteiger partial charge is 0.252 e. The van der Waals surface area contributed by atoms with Crippen LogP contribution in [0, 0.1) is 6.92 Å². The van der Waals surface area contributed by atoms with E-state index in [1.54, 1.807) is 23.0 Å². The molecule has 3 rings (SSSR count). The van der Waals surface area contributed by atoms with Crippen LogP contribution in [0.3, 0.4) is 0 Å². The highest BCUT2D eigenvalue weighted by molar-refractivity contribution is 5.77. The van der Waals surface area contributed by atoms with Gasteiger partial charge in [0.05, 0.1) is 13.0 Å². The number of benzene rings is 1. The highest BCUT2D eigenvalue weighted by atomic mass is 16.5. The molecule has 7 nitrogen and oxygen atoms in total. The van der Waals surface area contributed by atoms with Crippen LogP contribution in [0.4, 0.5) is 0 Å². The van der Waals surface area contributed by atoms with Crippen molar-refractivity contribution in [1.82, 2.24) is 24.9 Å². The number of carbonyl (C=O) groups excluding carboxylic acids is 1. The van der Waals surface area contributed by atoms with E-state index in [1.165, 1.54) is 0 Å². The van der Waals surface area contributed by atoms with Crippen LogP contribution in [0.15, 0.2) is 42.7 Å². The second-order valence-corrected chi connectivity index (χ2v) is 5.44. The molecule has 3 aromatic rings. The summed E-state index contributed by atoms with van der Waals surface area (Å²) in [6.45, 7) is 3.13. The Morgan fingerprint density at radius 1 is 1.33 bits per heavy atom. The first-order valence-corrected chi connectivity index (χ1v) is 7.83. The summed E-state index contributed by atoms with van der Waals surface area (Å²) in [4.78, 5) is 20.2. The van der Waals surface area contributed by atoms with Crippen molar-refractivity contribution in [3.8, 4) is 5.75 Å². The van der Waals surface area contributed by atoms with Crippen LogP contribution in [0.1, 0.15) is 17.8 Å². The highest BCUT2D eigenvalue weighted by Gasteiger charge is 2.09. The maximum Gasteiger partial charge on any atom is 0.252 e. The van der Waals surface area contributed by atoms with E-state index in [4.69, 9.17) is 4.74 Å². The summed E-state index contributed by atoms with van der Waals surface area (Å²) in [6.07, 6.45) is 4.27. The summed E-state index contributed by atoms with van der Waals surface area (Å²) >= 11 is 0. The van der Waals surface area contributed by atoms with Crippen molar-refractivity contribution in [3.05, 3.63) is 54.1 Å². The molecule has 0 unspecified atom stereocenters. The first-order valence-electron chi connectivity index (χ1n) is 7.83. The third kappa shape index (κ3) is 4.28. The number of rotatable bonds is 7. The van der Waals surface area contributed by atoms with E-state index in [0.717, 1.165) is 17.7 Å². The Balaban J connectivity index is 1.38. The van der Waals surface area contributed by atoms with Crippen LogP contribution < -0.4 is 10.1 Å². The molecule has 0 radical (unpaired) electrons. The van der Waals surface area contributed by atoms with Crippen LogP contribution >= 0.6 is 0 Å².